The number of thioether (sulfide) groups is 1. The molecule has 1 N–H and O–H groups in total. The first-order valence-electron chi connectivity index (χ1n) is 5.72. The van der Waals surface area contributed by atoms with Crippen molar-refractivity contribution in [2.24, 2.45) is 0 Å². The average molecular weight is 221 g/mol. The molecule has 1 aliphatic heterocycles. The lowest BCUT2D eigenvalue weighted by Crippen LogP contribution is -2.37. The fourth-order valence-electron chi connectivity index (χ4n) is 1.98. The van der Waals surface area contributed by atoms with Gasteiger partial charge in [-0.05, 0) is 24.5 Å². The summed E-state index contributed by atoms with van der Waals surface area (Å²) in [5, 5.41) is 3.65. The highest BCUT2D eigenvalue weighted by atomic mass is 32.2. The average Bonchev–Trinajstić information content (AvgIpc) is 2.29. The lowest BCUT2D eigenvalue weighted by Gasteiger charge is -2.28. The van der Waals surface area contributed by atoms with Crippen LogP contribution in [-0.4, -0.2) is 17.5 Å². The van der Waals surface area contributed by atoms with Crippen molar-refractivity contribution < 1.29 is 0 Å². The zero-order valence-corrected chi connectivity index (χ0v) is 10.3. The van der Waals surface area contributed by atoms with Crippen molar-refractivity contribution in [3.8, 4) is 0 Å². The minimum Gasteiger partial charge on any atom is -0.306 e. The summed E-state index contributed by atoms with van der Waals surface area (Å²) in [4.78, 5) is 0. The van der Waals surface area contributed by atoms with Crippen LogP contribution in [0.5, 0.6) is 0 Å². The van der Waals surface area contributed by atoms with Crippen molar-refractivity contribution in [2.45, 2.75) is 32.4 Å². The van der Waals surface area contributed by atoms with Gasteiger partial charge in [-0.25, -0.2) is 0 Å². The molecule has 1 aromatic carbocycles. The Morgan fingerprint density at radius 3 is 2.60 bits per heavy atom. The highest BCUT2D eigenvalue weighted by molar-refractivity contribution is 7.99. The molecule has 0 aliphatic carbocycles. The van der Waals surface area contributed by atoms with Crippen molar-refractivity contribution in [3.05, 3.63) is 35.4 Å². The molecule has 1 aromatic rings. The van der Waals surface area contributed by atoms with Crippen molar-refractivity contribution in [2.75, 3.05) is 11.5 Å². The molecule has 82 valence electrons. The maximum Gasteiger partial charge on any atom is 0.0414 e. The number of rotatable bonds is 2. The van der Waals surface area contributed by atoms with Gasteiger partial charge in [0.25, 0.3) is 0 Å². The zero-order chi connectivity index (χ0) is 10.7. The molecule has 2 unspecified atom stereocenters. The van der Waals surface area contributed by atoms with Gasteiger partial charge in [-0.3, -0.25) is 0 Å². The Labute approximate surface area is 96.7 Å². The van der Waals surface area contributed by atoms with Crippen molar-refractivity contribution >= 4 is 11.8 Å². The Hall–Kier alpha value is -0.470. The molecular weight excluding hydrogens is 202 g/mol. The van der Waals surface area contributed by atoms with Crippen LogP contribution in [0.2, 0.25) is 0 Å². The molecule has 0 saturated carbocycles. The minimum atomic E-state index is 0.546. The summed E-state index contributed by atoms with van der Waals surface area (Å²) in [6.45, 7) is 4.46. The van der Waals surface area contributed by atoms with Gasteiger partial charge in [0.2, 0.25) is 0 Å². The van der Waals surface area contributed by atoms with Crippen molar-refractivity contribution in [3.63, 3.8) is 0 Å². The number of hydrogen-bond donors (Lipinski definition) is 1. The van der Waals surface area contributed by atoms with Gasteiger partial charge in [-0.2, -0.15) is 11.8 Å². The number of hydrogen-bond acceptors (Lipinski definition) is 2. The van der Waals surface area contributed by atoms with E-state index in [1.54, 1.807) is 0 Å². The van der Waals surface area contributed by atoms with Gasteiger partial charge in [-0.15, -0.1) is 0 Å². The molecule has 1 heterocycles. The zero-order valence-electron chi connectivity index (χ0n) is 9.49. The van der Waals surface area contributed by atoms with Gasteiger partial charge in [0.05, 0.1) is 0 Å². The first kappa shape index (κ1) is 11.0. The predicted octanol–water partition coefficient (Wildman–Crippen LogP) is 3.02. The second kappa shape index (κ2) is 5.04. The second-order valence-corrected chi connectivity index (χ2v) is 5.33. The van der Waals surface area contributed by atoms with E-state index >= 15 is 0 Å². The van der Waals surface area contributed by atoms with Crippen LogP contribution in [-0.2, 0) is 6.42 Å². The minimum absolute atomic E-state index is 0.546. The molecule has 0 amide bonds. The van der Waals surface area contributed by atoms with Crippen molar-refractivity contribution in [1.82, 2.24) is 5.32 Å². The molecule has 0 spiro atoms. The van der Waals surface area contributed by atoms with Gasteiger partial charge in [0, 0.05) is 23.6 Å². The lowest BCUT2D eigenvalue weighted by atomic mass is 10.0. The van der Waals surface area contributed by atoms with E-state index in [9.17, 15) is 0 Å². The fourth-order valence-corrected chi connectivity index (χ4v) is 3.09. The second-order valence-electron chi connectivity index (χ2n) is 4.25. The van der Waals surface area contributed by atoms with Crippen LogP contribution >= 0.6 is 11.8 Å². The van der Waals surface area contributed by atoms with E-state index in [-0.39, 0.29) is 0 Å². The highest BCUT2D eigenvalue weighted by Crippen LogP contribution is 2.24. The third-order valence-corrected chi connectivity index (χ3v) is 4.23. The lowest BCUT2D eigenvalue weighted by molar-refractivity contribution is 0.502. The van der Waals surface area contributed by atoms with E-state index in [1.165, 1.54) is 22.6 Å². The van der Waals surface area contributed by atoms with Crippen LogP contribution in [0.15, 0.2) is 24.3 Å². The molecule has 1 fully saturated rings. The summed E-state index contributed by atoms with van der Waals surface area (Å²) in [6, 6.07) is 10.2. The first-order chi connectivity index (χ1) is 7.29. The molecule has 1 nitrogen and oxygen atoms in total. The molecule has 1 saturated heterocycles. The van der Waals surface area contributed by atoms with E-state index < -0.39 is 0 Å². The van der Waals surface area contributed by atoms with E-state index in [2.05, 4.69) is 55.2 Å². The standard InChI is InChI=1S/C13H19NS/c1-3-11-4-6-12(7-5-11)13-9-15-8-10(2)14-13/h4-7,10,13-14H,3,8-9H2,1-2H3. The molecule has 0 aromatic heterocycles. The highest BCUT2D eigenvalue weighted by Gasteiger charge is 2.19. The van der Waals surface area contributed by atoms with Crippen LogP contribution in [0.1, 0.15) is 31.0 Å². The Balaban J connectivity index is 2.07. The van der Waals surface area contributed by atoms with Crippen LogP contribution in [0, 0.1) is 0 Å². The first-order valence-corrected chi connectivity index (χ1v) is 6.87. The number of benzene rings is 1. The third-order valence-electron chi connectivity index (χ3n) is 2.93. The summed E-state index contributed by atoms with van der Waals surface area (Å²) in [6.07, 6.45) is 1.13. The Bertz CT molecular complexity index is 307. The summed E-state index contributed by atoms with van der Waals surface area (Å²) in [5.41, 5.74) is 2.86. The number of aryl methyl sites for hydroxylation is 1. The molecule has 15 heavy (non-hydrogen) atoms. The maximum atomic E-state index is 3.65. The normalized spacial score (nSPS) is 26.5. The van der Waals surface area contributed by atoms with Gasteiger partial charge >= 0.3 is 0 Å². The Kier molecular flexibility index (Phi) is 3.71. The fraction of sp³-hybridized carbons (Fsp3) is 0.538. The summed E-state index contributed by atoms with van der Waals surface area (Å²) in [7, 11) is 0. The van der Waals surface area contributed by atoms with Gasteiger partial charge in [0.1, 0.15) is 0 Å². The molecule has 2 heteroatoms. The summed E-state index contributed by atoms with van der Waals surface area (Å²) in [5.74, 6) is 2.44. The molecule has 0 bridgehead atoms. The van der Waals surface area contributed by atoms with Crippen LogP contribution < -0.4 is 5.32 Å². The van der Waals surface area contributed by atoms with Crippen molar-refractivity contribution in [1.29, 1.82) is 0 Å². The monoisotopic (exact) mass is 221 g/mol. The van der Waals surface area contributed by atoms with Gasteiger partial charge < -0.3 is 5.32 Å². The predicted molar refractivity (Wildman–Crippen MR) is 68.5 cm³/mol. The van der Waals surface area contributed by atoms with Gasteiger partial charge in [-0.1, -0.05) is 31.2 Å². The Morgan fingerprint density at radius 1 is 1.27 bits per heavy atom. The SMILES string of the molecule is CCc1ccc(C2CSCC(C)N2)cc1. The Morgan fingerprint density at radius 2 is 2.00 bits per heavy atom. The smallest absolute Gasteiger partial charge is 0.0414 e. The molecule has 2 atom stereocenters. The van der Waals surface area contributed by atoms with E-state index in [4.69, 9.17) is 0 Å². The molecule has 0 radical (unpaired) electrons. The van der Waals surface area contributed by atoms with E-state index in [0.29, 0.717) is 12.1 Å². The van der Waals surface area contributed by atoms with E-state index in [0.717, 1.165) is 6.42 Å². The van der Waals surface area contributed by atoms with E-state index in [1.807, 2.05) is 0 Å². The molecule has 1 aliphatic rings. The quantitative estimate of drug-likeness (QED) is 0.824. The third kappa shape index (κ3) is 2.76. The maximum absolute atomic E-state index is 3.65. The summed E-state index contributed by atoms with van der Waals surface area (Å²) >= 11 is 2.05. The summed E-state index contributed by atoms with van der Waals surface area (Å²) < 4.78 is 0. The molecule has 2 rings (SSSR count). The number of nitrogens with one attached hydrogen (secondary N) is 1. The van der Waals surface area contributed by atoms with Crippen LogP contribution in [0.3, 0.4) is 0 Å². The topological polar surface area (TPSA) is 12.0 Å². The molecular formula is C13H19NS. The van der Waals surface area contributed by atoms with Crippen LogP contribution in [0.25, 0.3) is 0 Å². The largest absolute Gasteiger partial charge is 0.306 e. The van der Waals surface area contributed by atoms with Gasteiger partial charge in [0.15, 0.2) is 0 Å². The van der Waals surface area contributed by atoms with Crippen LogP contribution in [0.4, 0.5) is 0 Å².